The standard InChI is InChI=1S/C15H27N3O2/c1-11-13(12(2)18(16-11)15(3,4)5)14(19)17(6)9-8-10-20-7/h8-10H2,1-7H3. The van der Waals surface area contributed by atoms with Crippen molar-refractivity contribution < 1.29 is 9.53 Å². The summed E-state index contributed by atoms with van der Waals surface area (Å²) in [5, 5.41) is 4.53. The summed E-state index contributed by atoms with van der Waals surface area (Å²) in [6.45, 7) is 11.5. The van der Waals surface area contributed by atoms with Gasteiger partial charge < -0.3 is 9.64 Å². The number of aryl methyl sites for hydroxylation is 1. The van der Waals surface area contributed by atoms with Gasteiger partial charge in [0.15, 0.2) is 0 Å². The number of carbonyl (C=O) groups excluding carboxylic acids is 1. The van der Waals surface area contributed by atoms with E-state index in [1.54, 1.807) is 12.0 Å². The van der Waals surface area contributed by atoms with Crippen LogP contribution in [-0.4, -0.2) is 47.9 Å². The molecule has 0 aromatic carbocycles. The van der Waals surface area contributed by atoms with Gasteiger partial charge in [-0.1, -0.05) is 0 Å². The first-order chi connectivity index (χ1) is 9.20. The Hall–Kier alpha value is -1.36. The Labute approximate surface area is 121 Å². The highest BCUT2D eigenvalue weighted by Crippen LogP contribution is 2.22. The summed E-state index contributed by atoms with van der Waals surface area (Å²) < 4.78 is 6.95. The first kappa shape index (κ1) is 16.7. The average Bonchev–Trinajstić information content (AvgIpc) is 2.64. The zero-order valence-corrected chi connectivity index (χ0v) is 13.8. The second-order valence-corrected chi connectivity index (χ2v) is 6.20. The number of ether oxygens (including phenoxy) is 1. The van der Waals surface area contributed by atoms with Gasteiger partial charge >= 0.3 is 0 Å². The predicted octanol–water partition coefficient (Wildman–Crippen LogP) is 2.36. The third-order valence-electron chi connectivity index (χ3n) is 3.33. The van der Waals surface area contributed by atoms with Crippen molar-refractivity contribution in [2.45, 2.75) is 46.6 Å². The summed E-state index contributed by atoms with van der Waals surface area (Å²) in [5.41, 5.74) is 2.32. The van der Waals surface area contributed by atoms with E-state index in [2.05, 4.69) is 25.9 Å². The zero-order valence-electron chi connectivity index (χ0n) is 13.8. The van der Waals surface area contributed by atoms with E-state index < -0.39 is 0 Å². The van der Waals surface area contributed by atoms with Crippen LogP contribution in [0.1, 0.15) is 48.9 Å². The molecule has 5 nitrogen and oxygen atoms in total. The lowest BCUT2D eigenvalue weighted by Gasteiger charge is -2.22. The van der Waals surface area contributed by atoms with Crippen molar-refractivity contribution in [1.29, 1.82) is 0 Å². The molecule has 5 heteroatoms. The van der Waals surface area contributed by atoms with Crippen LogP contribution in [-0.2, 0) is 10.3 Å². The maximum Gasteiger partial charge on any atom is 0.257 e. The Kier molecular flexibility index (Phi) is 5.34. The highest BCUT2D eigenvalue weighted by molar-refractivity contribution is 5.96. The summed E-state index contributed by atoms with van der Waals surface area (Å²) in [7, 11) is 3.49. The molecule has 1 aromatic heterocycles. The van der Waals surface area contributed by atoms with E-state index in [0.717, 1.165) is 23.4 Å². The van der Waals surface area contributed by atoms with Crippen LogP contribution in [0, 0.1) is 13.8 Å². The van der Waals surface area contributed by atoms with E-state index in [4.69, 9.17) is 4.74 Å². The van der Waals surface area contributed by atoms with Crippen LogP contribution in [0.5, 0.6) is 0 Å². The van der Waals surface area contributed by atoms with Crippen molar-refractivity contribution in [3.63, 3.8) is 0 Å². The summed E-state index contributed by atoms with van der Waals surface area (Å²) >= 11 is 0. The molecular weight excluding hydrogens is 254 g/mol. The van der Waals surface area contributed by atoms with Crippen molar-refractivity contribution in [2.24, 2.45) is 0 Å². The van der Waals surface area contributed by atoms with Crippen molar-refractivity contribution in [3.8, 4) is 0 Å². The van der Waals surface area contributed by atoms with Crippen LogP contribution in [0.15, 0.2) is 0 Å². The average molecular weight is 281 g/mol. The van der Waals surface area contributed by atoms with Crippen molar-refractivity contribution in [1.82, 2.24) is 14.7 Å². The molecule has 0 aliphatic heterocycles. The number of hydrogen-bond acceptors (Lipinski definition) is 3. The molecule has 114 valence electrons. The molecule has 0 fully saturated rings. The molecule has 0 radical (unpaired) electrons. The molecule has 0 aliphatic carbocycles. The lowest BCUT2D eigenvalue weighted by molar-refractivity contribution is 0.0777. The van der Waals surface area contributed by atoms with Gasteiger partial charge in [0.05, 0.1) is 16.8 Å². The molecule has 20 heavy (non-hydrogen) atoms. The van der Waals surface area contributed by atoms with Crippen LogP contribution < -0.4 is 0 Å². The number of rotatable bonds is 5. The van der Waals surface area contributed by atoms with Crippen LogP contribution in [0.4, 0.5) is 0 Å². The van der Waals surface area contributed by atoms with Gasteiger partial charge in [0.1, 0.15) is 0 Å². The van der Waals surface area contributed by atoms with Gasteiger partial charge in [0.2, 0.25) is 0 Å². The highest BCUT2D eigenvalue weighted by Gasteiger charge is 2.25. The second-order valence-electron chi connectivity index (χ2n) is 6.20. The molecule has 1 rings (SSSR count). The molecule has 0 unspecified atom stereocenters. The molecule has 0 aliphatic rings. The lowest BCUT2D eigenvalue weighted by Crippen LogP contribution is -2.30. The minimum Gasteiger partial charge on any atom is -0.385 e. The Morgan fingerprint density at radius 3 is 2.40 bits per heavy atom. The maximum atomic E-state index is 12.6. The Bertz CT molecular complexity index is 472. The van der Waals surface area contributed by atoms with E-state index >= 15 is 0 Å². The third kappa shape index (κ3) is 3.60. The monoisotopic (exact) mass is 281 g/mol. The lowest BCUT2D eigenvalue weighted by atomic mass is 10.1. The van der Waals surface area contributed by atoms with Gasteiger partial charge in [0.25, 0.3) is 5.91 Å². The number of nitrogens with zero attached hydrogens (tertiary/aromatic N) is 3. The zero-order chi connectivity index (χ0) is 15.5. The summed E-state index contributed by atoms with van der Waals surface area (Å²) in [4.78, 5) is 14.3. The fourth-order valence-corrected chi connectivity index (χ4v) is 2.34. The summed E-state index contributed by atoms with van der Waals surface area (Å²) in [6.07, 6.45) is 0.838. The highest BCUT2D eigenvalue weighted by atomic mass is 16.5. The molecule has 1 amide bonds. The smallest absolute Gasteiger partial charge is 0.257 e. The largest absolute Gasteiger partial charge is 0.385 e. The summed E-state index contributed by atoms with van der Waals surface area (Å²) in [5.74, 6) is 0.0339. The second kappa shape index (κ2) is 6.39. The van der Waals surface area contributed by atoms with Crippen molar-refractivity contribution in [3.05, 3.63) is 17.0 Å². The Morgan fingerprint density at radius 2 is 1.95 bits per heavy atom. The molecule has 1 aromatic rings. The molecule has 0 saturated heterocycles. The van der Waals surface area contributed by atoms with Gasteiger partial charge in [-0.3, -0.25) is 9.48 Å². The van der Waals surface area contributed by atoms with Crippen molar-refractivity contribution >= 4 is 5.91 Å². The first-order valence-corrected chi connectivity index (χ1v) is 7.01. The van der Waals surface area contributed by atoms with E-state index in [1.807, 2.05) is 25.6 Å². The van der Waals surface area contributed by atoms with E-state index in [1.165, 1.54) is 0 Å². The van der Waals surface area contributed by atoms with Crippen LogP contribution in [0.3, 0.4) is 0 Å². The topological polar surface area (TPSA) is 47.4 Å². The SMILES string of the molecule is COCCCN(C)C(=O)c1c(C)nn(C(C)(C)C)c1C. The van der Waals surface area contributed by atoms with Crippen LogP contribution in [0.2, 0.25) is 0 Å². The number of aromatic nitrogens is 2. The Morgan fingerprint density at radius 1 is 1.35 bits per heavy atom. The maximum absolute atomic E-state index is 12.6. The molecular formula is C15H27N3O2. The van der Waals surface area contributed by atoms with Crippen LogP contribution >= 0.6 is 0 Å². The van der Waals surface area contributed by atoms with Crippen LogP contribution in [0.25, 0.3) is 0 Å². The van der Waals surface area contributed by atoms with E-state index in [9.17, 15) is 4.79 Å². The predicted molar refractivity (Wildman–Crippen MR) is 80.2 cm³/mol. The van der Waals surface area contributed by atoms with Gasteiger partial charge in [-0.15, -0.1) is 0 Å². The quantitative estimate of drug-likeness (QED) is 0.778. The first-order valence-electron chi connectivity index (χ1n) is 7.01. The number of methoxy groups -OCH3 is 1. The van der Waals surface area contributed by atoms with Gasteiger partial charge in [-0.05, 0) is 41.0 Å². The fourth-order valence-electron chi connectivity index (χ4n) is 2.34. The van der Waals surface area contributed by atoms with Gasteiger partial charge in [-0.2, -0.15) is 5.10 Å². The van der Waals surface area contributed by atoms with Gasteiger partial charge in [-0.25, -0.2) is 0 Å². The molecule has 0 spiro atoms. The Balaban J connectivity index is 2.96. The minimum absolute atomic E-state index is 0.0339. The number of carbonyl (C=O) groups is 1. The molecule has 0 N–H and O–H groups in total. The normalized spacial score (nSPS) is 11.8. The number of amides is 1. The van der Waals surface area contributed by atoms with E-state index in [0.29, 0.717) is 13.2 Å². The molecule has 1 heterocycles. The molecule has 0 bridgehead atoms. The third-order valence-corrected chi connectivity index (χ3v) is 3.33. The molecule has 0 atom stereocenters. The van der Waals surface area contributed by atoms with Crippen molar-refractivity contribution in [2.75, 3.05) is 27.3 Å². The summed E-state index contributed by atoms with van der Waals surface area (Å²) in [6, 6.07) is 0. The fraction of sp³-hybridized carbons (Fsp3) is 0.733. The van der Waals surface area contributed by atoms with Gasteiger partial charge in [0, 0.05) is 33.0 Å². The minimum atomic E-state index is -0.123. The number of hydrogen-bond donors (Lipinski definition) is 0. The molecule has 0 saturated carbocycles. The van der Waals surface area contributed by atoms with E-state index in [-0.39, 0.29) is 11.4 Å².